The average molecular weight is 199 g/mol. The summed E-state index contributed by atoms with van der Waals surface area (Å²) in [4.78, 5) is 11.0. The first-order valence-electron chi connectivity index (χ1n) is 3.65. The molecule has 0 saturated carbocycles. The summed E-state index contributed by atoms with van der Waals surface area (Å²) in [5.74, 6) is -0.239. The molecule has 0 spiro atoms. The fourth-order valence-electron chi connectivity index (χ4n) is 0.823. The number of benzene rings is 1. The Bertz CT molecular complexity index is 284. The zero-order chi connectivity index (χ0) is 9.68. The second-order valence-electron chi connectivity index (χ2n) is 2.40. The van der Waals surface area contributed by atoms with Crippen LogP contribution in [-0.2, 0) is 9.53 Å². The van der Waals surface area contributed by atoms with E-state index in [-0.39, 0.29) is 12.5 Å². The molecule has 0 fully saturated rings. The molecule has 1 aromatic rings. The summed E-state index contributed by atoms with van der Waals surface area (Å²) in [5, 5.41) is 3.24. The van der Waals surface area contributed by atoms with Crippen LogP contribution in [0.1, 0.15) is 0 Å². The number of amides is 1. The number of rotatable bonds is 3. The van der Waals surface area contributed by atoms with Gasteiger partial charge in [-0.3, -0.25) is 4.79 Å². The quantitative estimate of drug-likeness (QED) is 0.808. The molecule has 0 aliphatic carbocycles. The van der Waals surface area contributed by atoms with Gasteiger partial charge in [0.05, 0.1) is 7.11 Å². The van der Waals surface area contributed by atoms with Crippen LogP contribution in [0.2, 0.25) is 5.02 Å². The Morgan fingerprint density at radius 3 is 2.62 bits per heavy atom. The second kappa shape index (κ2) is 4.84. The first-order valence-corrected chi connectivity index (χ1v) is 4.02. The van der Waals surface area contributed by atoms with Gasteiger partial charge >= 0.3 is 0 Å². The first kappa shape index (κ1) is 10.0. The lowest BCUT2D eigenvalue weighted by atomic mass is 10.3. The first-order chi connectivity index (χ1) is 6.22. The molecule has 1 radical (unpaired) electrons. The maximum atomic E-state index is 11.0. The molecule has 1 rings (SSSR count). The number of halogens is 1. The number of anilines is 1. The number of carbonyl (C=O) groups is 1. The van der Waals surface area contributed by atoms with Gasteiger partial charge in [0.15, 0.2) is 0 Å². The van der Waals surface area contributed by atoms with Gasteiger partial charge in [-0.05, 0) is 24.3 Å². The van der Waals surface area contributed by atoms with E-state index in [1.807, 2.05) is 0 Å². The Morgan fingerprint density at radius 1 is 1.46 bits per heavy atom. The molecule has 1 aromatic carbocycles. The summed E-state index contributed by atoms with van der Waals surface area (Å²) in [6.07, 6.45) is 0. The van der Waals surface area contributed by atoms with Gasteiger partial charge in [-0.2, -0.15) is 0 Å². The smallest absolute Gasteiger partial charge is 0.250 e. The van der Waals surface area contributed by atoms with Crippen LogP contribution in [0.5, 0.6) is 0 Å². The minimum atomic E-state index is -0.239. The van der Waals surface area contributed by atoms with Crippen LogP contribution < -0.4 is 5.32 Å². The summed E-state index contributed by atoms with van der Waals surface area (Å²) in [6.45, 7) is -0.0529. The molecule has 69 valence electrons. The Labute approximate surface area is 81.7 Å². The van der Waals surface area contributed by atoms with Gasteiger partial charge < -0.3 is 10.1 Å². The average Bonchev–Trinajstić information content (AvgIpc) is 2.09. The van der Waals surface area contributed by atoms with Crippen LogP contribution in [0.3, 0.4) is 0 Å². The number of hydrogen-bond donors (Lipinski definition) is 1. The summed E-state index contributed by atoms with van der Waals surface area (Å²) in [7, 11) is 3.10. The molecule has 0 heterocycles. The second-order valence-corrected chi connectivity index (χ2v) is 2.84. The maximum absolute atomic E-state index is 11.0. The lowest BCUT2D eigenvalue weighted by Gasteiger charge is -2.03. The molecular formula is C9H9ClNO2. The topological polar surface area (TPSA) is 38.3 Å². The van der Waals surface area contributed by atoms with Gasteiger partial charge in [-0.1, -0.05) is 11.6 Å². The Morgan fingerprint density at radius 2 is 2.08 bits per heavy atom. The summed E-state index contributed by atoms with van der Waals surface area (Å²) >= 11 is 5.66. The highest BCUT2D eigenvalue weighted by molar-refractivity contribution is 6.30. The fourth-order valence-corrected chi connectivity index (χ4v) is 0.949. The van der Waals surface area contributed by atoms with Gasteiger partial charge in [-0.25, -0.2) is 0 Å². The number of carbonyl (C=O) groups excluding carboxylic acids is 1. The lowest BCUT2D eigenvalue weighted by Crippen LogP contribution is -2.16. The zero-order valence-electron chi connectivity index (χ0n) is 6.92. The van der Waals surface area contributed by atoms with E-state index in [1.54, 1.807) is 24.3 Å². The number of nitrogens with one attached hydrogen (secondary N) is 1. The summed E-state index contributed by atoms with van der Waals surface area (Å²) in [5.41, 5.74) is 0.687. The molecular weight excluding hydrogens is 190 g/mol. The van der Waals surface area contributed by atoms with Crippen LogP contribution in [0.4, 0.5) is 5.69 Å². The van der Waals surface area contributed by atoms with Gasteiger partial charge in [0, 0.05) is 10.7 Å². The molecule has 1 amide bonds. The van der Waals surface area contributed by atoms with Crippen molar-refractivity contribution >= 4 is 23.2 Å². The van der Waals surface area contributed by atoms with Gasteiger partial charge in [0.1, 0.15) is 6.61 Å². The molecule has 0 atom stereocenters. The van der Waals surface area contributed by atoms with Crippen molar-refractivity contribution in [2.75, 3.05) is 11.9 Å². The standard InChI is InChI=1S/C9H9ClNO2/c1-13-6-9(12)11-8-4-2-7(10)3-5-8/h2-5H,1,6H2,(H,11,12). The summed E-state index contributed by atoms with van der Waals surface area (Å²) < 4.78 is 4.41. The molecule has 13 heavy (non-hydrogen) atoms. The normalized spacial score (nSPS) is 9.69. The third-order valence-electron chi connectivity index (χ3n) is 1.36. The van der Waals surface area contributed by atoms with Crippen LogP contribution >= 0.6 is 11.6 Å². The highest BCUT2D eigenvalue weighted by Gasteiger charge is 1.99. The lowest BCUT2D eigenvalue weighted by molar-refractivity contribution is -0.119. The van der Waals surface area contributed by atoms with E-state index in [1.165, 1.54) is 0 Å². The molecule has 1 N–H and O–H groups in total. The largest absolute Gasteiger partial charge is 0.369 e. The Kier molecular flexibility index (Phi) is 3.73. The van der Waals surface area contributed by atoms with E-state index in [0.717, 1.165) is 0 Å². The molecule has 3 nitrogen and oxygen atoms in total. The zero-order valence-corrected chi connectivity index (χ0v) is 7.67. The van der Waals surface area contributed by atoms with Crippen molar-refractivity contribution in [2.45, 2.75) is 0 Å². The van der Waals surface area contributed by atoms with Crippen LogP contribution in [0.15, 0.2) is 24.3 Å². The Hall–Kier alpha value is -1.06. The van der Waals surface area contributed by atoms with Crippen molar-refractivity contribution in [2.24, 2.45) is 0 Å². The van der Waals surface area contributed by atoms with Crippen molar-refractivity contribution < 1.29 is 9.53 Å². The van der Waals surface area contributed by atoms with E-state index in [4.69, 9.17) is 11.6 Å². The fraction of sp³-hybridized carbons (Fsp3) is 0.111. The molecule has 0 aliphatic rings. The van der Waals surface area contributed by atoms with Gasteiger partial charge in [0.25, 0.3) is 0 Å². The molecule has 0 aliphatic heterocycles. The predicted molar refractivity (Wildman–Crippen MR) is 51.4 cm³/mol. The minimum absolute atomic E-state index is 0.0529. The van der Waals surface area contributed by atoms with Crippen molar-refractivity contribution in [3.63, 3.8) is 0 Å². The van der Waals surface area contributed by atoms with E-state index in [0.29, 0.717) is 10.7 Å². The minimum Gasteiger partial charge on any atom is -0.369 e. The molecule has 0 bridgehead atoms. The Balaban J connectivity index is 2.54. The highest BCUT2D eigenvalue weighted by atomic mass is 35.5. The molecule has 0 unspecified atom stereocenters. The van der Waals surface area contributed by atoms with Crippen molar-refractivity contribution in [3.05, 3.63) is 36.4 Å². The third-order valence-corrected chi connectivity index (χ3v) is 1.61. The van der Waals surface area contributed by atoms with E-state index in [2.05, 4.69) is 17.2 Å². The molecule has 4 heteroatoms. The number of hydrogen-bond acceptors (Lipinski definition) is 2. The maximum Gasteiger partial charge on any atom is 0.250 e. The predicted octanol–water partition coefficient (Wildman–Crippen LogP) is 2.09. The van der Waals surface area contributed by atoms with Crippen LogP contribution in [0.25, 0.3) is 0 Å². The monoisotopic (exact) mass is 198 g/mol. The van der Waals surface area contributed by atoms with E-state index in [9.17, 15) is 4.79 Å². The SMILES string of the molecule is [CH2]OCC(=O)Nc1ccc(Cl)cc1. The number of ether oxygens (including phenoxy) is 1. The van der Waals surface area contributed by atoms with Crippen molar-refractivity contribution in [1.82, 2.24) is 0 Å². The van der Waals surface area contributed by atoms with Crippen molar-refractivity contribution in [3.8, 4) is 0 Å². The van der Waals surface area contributed by atoms with Gasteiger partial charge in [-0.15, -0.1) is 0 Å². The van der Waals surface area contributed by atoms with E-state index >= 15 is 0 Å². The molecule has 0 aromatic heterocycles. The van der Waals surface area contributed by atoms with E-state index < -0.39 is 0 Å². The third kappa shape index (κ3) is 3.44. The summed E-state index contributed by atoms with van der Waals surface area (Å²) in [6, 6.07) is 6.82. The van der Waals surface area contributed by atoms with Crippen LogP contribution in [0, 0.1) is 7.11 Å². The van der Waals surface area contributed by atoms with Gasteiger partial charge in [0.2, 0.25) is 5.91 Å². The highest BCUT2D eigenvalue weighted by Crippen LogP contribution is 2.12. The molecule has 0 saturated heterocycles. The van der Waals surface area contributed by atoms with Crippen molar-refractivity contribution in [1.29, 1.82) is 0 Å². The van der Waals surface area contributed by atoms with Crippen LogP contribution in [-0.4, -0.2) is 12.5 Å².